The Bertz CT molecular complexity index is 1110. The standard InChI is InChI=1S/C25H29N3O4/c1-17-4-7-22-20(14-17)21(25(29)26-8-9-28-10-12-32-13-11-28)16-23(27-22)19-6-5-18(30-2)15-24(19)31-3/h4-7,14-16H,8-13H2,1-3H3,(H,26,29). The smallest absolute Gasteiger partial charge is 0.252 e. The summed E-state index contributed by atoms with van der Waals surface area (Å²) in [5, 5.41) is 3.92. The fourth-order valence-corrected chi connectivity index (χ4v) is 3.92. The van der Waals surface area contributed by atoms with Crippen LogP contribution in [0.15, 0.2) is 42.5 Å². The highest BCUT2D eigenvalue weighted by Crippen LogP contribution is 2.34. The maximum atomic E-state index is 13.2. The highest BCUT2D eigenvalue weighted by atomic mass is 16.5. The average molecular weight is 436 g/mol. The van der Waals surface area contributed by atoms with Gasteiger partial charge in [0.2, 0.25) is 0 Å². The van der Waals surface area contributed by atoms with Crippen LogP contribution < -0.4 is 14.8 Å². The van der Waals surface area contributed by atoms with Crippen LogP contribution in [0.3, 0.4) is 0 Å². The zero-order valence-electron chi connectivity index (χ0n) is 18.8. The lowest BCUT2D eigenvalue weighted by Gasteiger charge is -2.26. The molecule has 32 heavy (non-hydrogen) atoms. The van der Waals surface area contributed by atoms with Gasteiger partial charge in [0.25, 0.3) is 5.91 Å². The van der Waals surface area contributed by atoms with E-state index in [-0.39, 0.29) is 5.91 Å². The van der Waals surface area contributed by atoms with E-state index in [2.05, 4.69) is 10.2 Å². The van der Waals surface area contributed by atoms with Crippen LogP contribution in [0.2, 0.25) is 0 Å². The van der Waals surface area contributed by atoms with Crippen molar-refractivity contribution in [2.24, 2.45) is 0 Å². The van der Waals surface area contributed by atoms with Crippen molar-refractivity contribution in [3.63, 3.8) is 0 Å². The van der Waals surface area contributed by atoms with Crippen molar-refractivity contribution in [3.8, 4) is 22.8 Å². The summed E-state index contributed by atoms with van der Waals surface area (Å²) in [7, 11) is 3.23. The summed E-state index contributed by atoms with van der Waals surface area (Å²) in [6.07, 6.45) is 0. The topological polar surface area (TPSA) is 72.9 Å². The summed E-state index contributed by atoms with van der Waals surface area (Å²) in [6, 6.07) is 13.4. The molecule has 1 aromatic heterocycles. The molecule has 2 aromatic carbocycles. The monoisotopic (exact) mass is 435 g/mol. The van der Waals surface area contributed by atoms with Crippen molar-refractivity contribution in [3.05, 3.63) is 53.6 Å². The minimum absolute atomic E-state index is 0.106. The first-order valence-electron chi connectivity index (χ1n) is 10.8. The van der Waals surface area contributed by atoms with Crippen molar-refractivity contribution in [1.29, 1.82) is 0 Å². The van der Waals surface area contributed by atoms with Gasteiger partial charge in [-0.15, -0.1) is 0 Å². The van der Waals surface area contributed by atoms with Gasteiger partial charge in [-0.2, -0.15) is 0 Å². The highest BCUT2D eigenvalue weighted by Gasteiger charge is 2.17. The fraction of sp³-hybridized carbons (Fsp3) is 0.360. The van der Waals surface area contributed by atoms with E-state index in [1.54, 1.807) is 14.2 Å². The van der Waals surface area contributed by atoms with E-state index < -0.39 is 0 Å². The molecule has 1 amide bonds. The van der Waals surface area contributed by atoms with E-state index in [0.717, 1.165) is 54.9 Å². The Morgan fingerprint density at radius 3 is 2.66 bits per heavy atom. The molecule has 1 fully saturated rings. The van der Waals surface area contributed by atoms with E-state index in [1.807, 2.05) is 49.4 Å². The molecule has 0 aliphatic carbocycles. The molecule has 7 nitrogen and oxygen atoms in total. The zero-order chi connectivity index (χ0) is 22.5. The molecule has 0 unspecified atom stereocenters. The van der Waals surface area contributed by atoms with Crippen molar-refractivity contribution in [2.45, 2.75) is 6.92 Å². The third-order valence-corrected chi connectivity index (χ3v) is 5.71. The maximum Gasteiger partial charge on any atom is 0.252 e. The van der Waals surface area contributed by atoms with Gasteiger partial charge >= 0.3 is 0 Å². The Morgan fingerprint density at radius 1 is 1.09 bits per heavy atom. The number of amides is 1. The first-order valence-corrected chi connectivity index (χ1v) is 10.8. The van der Waals surface area contributed by atoms with E-state index >= 15 is 0 Å². The highest BCUT2D eigenvalue weighted by molar-refractivity contribution is 6.07. The number of aromatic nitrogens is 1. The summed E-state index contributed by atoms with van der Waals surface area (Å²) >= 11 is 0. The molecule has 1 aliphatic heterocycles. The Hall–Kier alpha value is -3.16. The number of morpholine rings is 1. The fourth-order valence-electron chi connectivity index (χ4n) is 3.92. The van der Waals surface area contributed by atoms with E-state index in [4.69, 9.17) is 19.2 Å². The number of benzene rings is 2. The van der Waals surface area contributed by atoms with Crippen molar-refractivity contribution >= 4 is 16.8 Å². The summed E-state index contributed by atoms with van der Waals surface area (Å²) in [5.41, 5.74) is 3.94. The van der Waals surface area contributed by atoms with Crippen molar-refractivity contribution in [2.75, 3.05) is 53.6 Å². The molecule has 1 N–H and O–H groups in total. The van der Waals surface area contributed by atoms with Crippen LogP contribution in [-0.4, -0.2) is 69.4 Å². The molecule has 1 aliphatic rings. The van der Waals surface area contributed by atoms with Crippen LogP contribution in [-0.2, 0) is 4.74 Å². The molecule has 4 rings (SSSR count). The van der Waals surface area contributed by atoms with Crippen molar-refractivity contribution < 1.29 is 19.0 Å². The molecular formula is C25H29N3O4. The second-order valence-electron chi connectivity index (χ2n) is 7.85. The maximum absolute atomic E-state index is 13.2. The molecule has 0 atom stereocenters. The summed E-state index contributed by atoms with van der Waals surface area (Å²) in [5.74, 6) is 1.23. The van der Waals surface area contributed by atoms with Gasteiger partial charge < -0.3 is 19.5 Å². The molecule has 168 valence electrons. The molecule has 0 bridgehead atoms. The second kappa shape index (κ2) is 9.97. The molecule has 1 saturated heterocycles. The molecule has 0 spiro atoms. The number of pyridine rings is 1. The van der Waals surface area contributed by atoms with Gasteiger partial charge in [-0.3, -0.25) is 9.69 Å². The largest absolute Gasteiger partial charge is 0.497 e. The SMILES string of the molecule is COc1ccc(-c2cc(C(=O)NCCN3CCOCC3)c3cc(C)ccc3n2)c(OC)c1. The third-order valence-electron chi connectivity index (χ3n) is 5.71. The average Bonchev–Trinajstić information content (AvgIpc) is 2.83. The number of nitrogens with zero attached hydrogens (tertiary/aromatic N) is 2. The predicted octanol–water partition coefficient (Wildman–Crippen LogP) is 3.29. The molecule has 0 saturated carbocycles. The molecular weight excluding hydrogens is 406 g/mol. The number of hydrogen-bond donors (Lipinski definition) is 1. The predicted molar refractivity (Wildman–Crippen MR) is 125 cm³/mol. The van der Waals surface area contributed by atoms with Gasteiger partial charge in [-0.1, -0.05) is 11.6 Å². The number of methoxy groups -OCH3 is 2. The number of carbonyl (C=O) groups excluding carboxylic acids is 1. The van der Waals surface area contributed by atoms with Gasteiger partial charge in [0.05, 0.1) is 44.2 Å². The van der Waals surface area contributed by atoms with E-state index in [1.165, 1.54) is 0 Å². The lowest BCUT2D eigenvalue weighted by Crippen LogP contribution is -2.41. The van der Waals surface area contributed by atoms with Gasteiger partial charge in [0, 0.05) is 43.2 Å². The Morgan fingerprint density at radius 2 is 1.91 bits per heavy atom. The number of fused-ring (bicyclic) bond motifs is 1. The minimum Gasteiger partial charge on any atom is -0.497 e. The Balaban J connectivity index is 1.66. The Kier molecular flexibility index (Phi) is 6.87. The molecule has 0 radical (unpaired) electrons. The van der Waals surface area contributed by atoms with Crippen LogP contribution in [0, 0.1) is 6.92 Å². The number of aryl methyl sites for hydroxylation is 1. The minimum atomic E-state index is -0.106. The second-order valence-corrected chi connectivity index (χ2v) is 7.85. The number of rotatable bonds is 7. The Labute approximate surface area is 188 Å². The zero-order valence-corrected chi connectivity index (χ0v) is 18.8. The molecule has 2 heterocycles. The summed E-state index contributed by atoms with van der Waals surface area (Å²) in [6.45, 7) is 6.68. The number of hydrogen-bond acceptors (Lipinski definition) is 6. The first kappa shape index (κ1) is 22.0. The van der Waals surface area contributed by atoms with E-state index in [9.17, 15) is 4.79 Å². The summed E-state index contributed by atoms with van der Waals surface area (Å²) < 4.78 is 16.3. The van der Waals surface area contributed by atoms with Crippen LogP contribution >= 0.6 is 0 Å². The quantitative estimate of drug-likeness (QED) is 0.614. The van der Waals surface area contributed by atoms with Gasteiger partial charge in [-0.25, -0.2) is 4.98 Å². The van der Waals surface area contributed by atoms with E-state index in [0.29, 0.717) is 29.3 Å². The van der Waals surface area contributed by atoms with Crippen LogP contribution in [0.1, 0.15) is 15.9 Å². The van der Waals surface area contributed by atoms with Gasteiger partial charge in [-0.05, 0) is 37.3 Å². The summed E-state index contributed by atoms with van der Waals surface area (Å²) in [4.78, 5) is 20.3. The number of ether oxygens (including phenoxy) is 3. The van der Waals surface area contributed by atoms with Crippen LogP contribution in [0.4, 0.5) is 0 Å². The molecule has 3 aromatic rings. The van der Waals surface area contributed by atoms with Gasteiger partial charge in [0.15, 0.2) is 0 Å². The van der Waals surface area contributed by atoms with Crippen LogP contribution in [0.25, 0.3) is 22.2 Å². The number of nitrogens with one attached hydrogen (secondary N) is 1. The van der Waals surface area contributed by atoms with Gasteiger partial charge in [0.1, 0.15) is 11.5 Å². The lowest BCUT2D eigenvalue weighted by molar-refractivity contribution is 0.0383. The lowest BCUT2D eigenvalue weighted by atomic mass is 10.0. The normalized spacial score (nSPS) is 14.3. The molecule has 7 heteroatoms. The third kappa shape index (κ3) is 4.84. The van der Waals surface area contributed by atoms with Crippen LogP contribution in [0.5, 0.6) is 11.5 Å². The first-order chi connectivity index (χ1) is 15.6. The number of carbonyl (C=O) groups is 1. The van der Waals surface area contributed by atoms with Crippen molar-refractivity contribution in [1.82, 2.24) is 15.2 Å².